The van der Waals surface area contributed by atoms with Crippen LogP contribution in [-0.4, -0.2) is 14.5 Å². The Morgan fingerprint density at radius 2 is 1.05 bits per heavy atom. The second kappa shape index (κ2) is 12.6. The van der Waals surface area contributed by atoms with Crippen molar-refractivity contribution in [3.8, 4) is 50.6 Å². The monoisotopic (exact) mass is 779 g/mol. The van der Waals surface area contributed by atoms with Crippen molar-refractivity contribution in [3.05, 3.63) is 199 Å². The van der Waals surface area contributed by atoms with Gasteiger partial charge < -0.3 is 4.42 Å². The van der Waals surface area contributed by atoms with Crippen LogP contribution in [0.15, 0.2) is 192 Å². The first-order valence-electron chi connectivity index (χ1n) is 21.0. The zero-order valence-corrected chi connectivity index (χ0v) is 33.6. The van der Waals surface area contributed by atoms with Crippen LogP contribution in [0.25, 0.3) is 116 Å². The number of aromatic nitrogens is 3. The number of hydrogen-bond acceptors (Lipinski definition) is 3. The van der Waals surface area contributed by atoms with Crippen LogP contribution in [0, 0.1) is 0 Å². The summed E-state index contributed by atoms with van der Waals surface area (Å²) in [6, 6.07) is 67.7. The van der Waals surface area contributed by atoms with Crippen molar-refractivity contribution in [2.45, 2.75) is 19.3 Å². The van der Waals surface area contributed by atoms with E-state index >= 15 is 0 Å². The molecule has 0 N–H and O–H groups in total. The quantitative estimate of drug-likeness (QED) is 0.179. The van der Waals surface area contributed by atoms with Crippen LogP contribution in [-0.2, 0) is 5.41 Å². The smallest absolute Gasteiger partial charge is 0.235 e. The van der Waals surface area contributed by atoms with Gasteiger partial charge in [-0.05, 0) is 104 Å². The first kappa shape index (κ1) is 34.1. The molecule has 4 nitrogen and oxygen atoms in total. The van der Waals surface area contributed by atoms with E-state index in [4.69, 9.17) is 14.4 Å². The Labute approximate surface area is 352 Å². The molecule has 9 aromatic carbocycles. The van der Waals surface area contributed by atoms with Gasteiger partial charge in [0.25, 0.3) is 0 Å². The van der Waals surface area contributed by atoms with Crippen LogP contribution in [0.1, 0.15) is 25.0 Å². The molecule has 0 bridgehead atoms. The lowest BCUT2D eigenvalue weighted by molar-refractivity contribution is 0.660. The van der Waals surface area contributed by atoms with Crippen molar-refractivity contribution in [3.63, 3.8) is 0 Å². The summed E-state index contributed by atoms with van der Waals surface area (Å²) in [7, 11) is 0. The van der Waals surface area contributed by atoms with Crippen LogP contribution in [0.3, 0.4) is 0 Å². The van der Waals surface area contributed by atoms with Crippen molar-refractivity contribution in [2.24, 2.45) is 0 Å². The predicted octanol–water partition coefficient (Wildman–Crippen LogP) is 15.1. The molecule has 61 heavy (non-hydrogen) atoms. The lowest BCUT2D eigenvalue weighted by Crippen LogP contribution is -2.15. The Morgan fingerprint density at radius 3 is 1.90 bits per heavy atom. The SMILES string of the molecule is CC1(C)c2ccccc2-c2ccc(-c3nc(-n4c5ccccc5c5c6cc(-c7ccc(-c8ccc9oc%10ccccc%10c9c8)cc7)ccc6ccc54)nc4ccccc34)cc21. The van der Waals surface area contributed by atoms with Gasteiger partial charge in [-0.1, -0.05) is 153 Å². The van der Waals surface area contributed by atoms with Gasteiger partial charge in [-0.2, -0.15) is 0 Å². The Bertz CT molecular complexity index is 3790. The number of para-hydroxylation sites is 3. The molecule has 4 heteroatoms. The zero-order valence-electron chi connectivity index (χ0n) is 33.6. The van der Waals surface area contributed by atoms with E-state index in [1.54, 1.807) is 0 Å². The molecule has 13 rings (SSSR count). The Kier molecular flexibility index (Phi) is 7.04. The molecule has 0 radical (unpaired) electrons. The number of nitrogens with zero attached hydrogens (tertiary/aromatic N) is 3. The number of furan rings is 1. The van der Waals surface area contributed by atoms with Gasteiger partial charge in [-0.25, -0.2) is 9.97 Å². The van der Waals surface area contributed by atoms with Crippen molar-refractivity contribution in [1.29, 1.82) is 0 Å². The summed E-state index contributed by atoms with van der Waals surface area (Å²) in [5.74, 6) is 0.663. The fraction of sp³-hybridized carbons (Fsp3) is 0.0526. The number of rotatable bonds is 4. The summed E-state index contributed by atoms with van der Waals surface area (Å²) >= 11 is 0. The van der Waals surface area contributed by atoms with Gasteiger partial charge in [0.2, 0.25) is 5.95 Å². The van der Waals surface area contributed by atoms with E-state index in [-0.39, 0.29) is 5.41 Å². The largest absolute Gasteiger partial charge is 0.456 e. The molecular weight excluding hydrogens is 743 g/mol. The number of benzene rings is 9. The maximum absolute atomic E-state index is 6.10. The molecule has 0 spiro atoms. The fourth-order valence-electron chi connectivity index (χ4n) is 10.2. The van der Waals surface area contributed by atoms with Gasteiger partial charge in [0.05, 0.1) is 22.2 Å². The summed E-state index contributed by atoms with van der Waals surface area (Å²) < 4.78 is 8.36. The van der Waals surface area contributed by atoms with Crippen LogP contribution in [0.5, 0.6) is 0 Å². The van der Waals surface area contributed by atoms with Gasteiger partial charge >= 0.3 is 0 Å². The van der Waals surface area contributed by atoms with E-state index in [1.807, 2.05) is 12.1 Å². The molecule has 3 aromatic heterocycles. The molecule has 12 aromatic rings. The molecule has 3 heterocycles. The molecular formula is C57H37N3O. The van der Waals surface area contributed by atoms with E-state index in [0.717, 1.165) is 55.1 Å². The van der Waals surface area contributed by atoms with E-state index in [0.29, 0.717) is 5.95 Å². The molecule has 0 saturated carbocycles. The topological polar surface area (TPSA) is 43.9 Å². The number of hydrogen-bond donors (Lipinski definition) is 0. The first-order valence-corrected chi connectivity index (χ1v) is 21.0. The maximum atomic E-state index is 6.10. The zero-order chi connectivity index (χ0) is 40.4. The third-order valence-electron chi connectivity index (χ3n) is 13.2. The predicted molar refractivity (Wildman–Crippen MR) is 253 cm³/mol. The first-order chi connectivity index (χ1) is 30.0. The molecule has 1 aliphatic carbocycles. The average molecular weight is 780 g/mol. The number of fused-ring (bicyclic) bond motifs is 12. The van der Waals surface area contributed by atoms with Gasteiger partial charge in [0.15, 0.2) is 0 Å². The standard InChI is InChI=1S/C57H37N3O/c1-57(2)47-15-7-3-11-40(47)41-28-25-39(33-48(41)57)55-43-13-4-8-16-49(43)58-56(59-55)60-50-17-9-5-14-44(50)54-45-31-37(24-23-36(45)26-29-51(54)60)34-19-21-35(22-20-34)38-27-30-53-46(32-38)42-12-6-10-18-52(42)61-53/h3-33H,1-2H3. The van der Waals surface area contributed by atoms with E-state index in [1.165, 1.54) is 66.1 Å². The highest BCUT2D eigenvalue weighted by Crippen LogP contribution is 2.50. The van der Waals surface area contributed by atoms with Gasteiger partial charge in [0.1, 0.15) is 11.2 Å². The molecule has 0 unspecified atom stereocenters. The van der Waals surface area contributed by atoms with Gasteiger partial charge in [-0.15, -0.1) is 0 Å². The molecule has 286 valence electrons. The normalized spacial score (nSPS) is 13.2. The minimum Gasteiger partial charge on any atom is -0.456 e. The van der Waals surface area contributed by atoms with Gasteiger partial charge in [0, 0.05) is 37.9 Å². The molecule has 1 aliphatic rings. The van der Waals surface area contributed by atoms with Crippen molar-refractivity contribution in [2.75, 3.05) is 0 Å². The van der Waals surface area contributed by atoms with E-state index in [2.05, 4.69) is 194 Å². The Morgan fingerprint density at radius 1 is 0.426 bits per heavy atom. The molecule has 0 atom stereocenters. The van der Waals surface area contributed by atoms with Crippen molar-refractivity contribution in [1.82, 2.24) is 14.5 Å². The fourth-order valence-corrected chi connectivity index (χ4v) is 10.2. The lowest BCUT2D eigenvalue weighted by Gasteiger charge is -2.22. The second-order valence-electron chi connectivity index (χ2n) is 17.0. The third-order valence-corrected chi connectivity index (χ3v) is 13.2. The molecule has 0 aliphatic heterocycles. The summed E-state index contributed by atoms with van der Waals surface area (Å²) in [5, 5.41) is 8.08. The maximum Gasteiger partial charge on any atom is 0.235 e. The second-order valence-corrected chi connectivity index (χ2v) is 17.0. The molecule has 0 amide bonds. The lowest BCUT2D eigenvalue weighted by atomic mass is 9.82. The Balaban J connectivity index is 0.948. The van der Waals surface area contributed by atoms with Crippen LogP contribution >= 0.6 is 0 Å². The minimum atomic E-state index is -0.117. The van der Waals surface area contributed by atoms with Crippen LogP contribution < -0.4 is 0 Å². The van der Waals surface area contributed by atoms with Crippen LogP contribution in [0.2, 0.25) is 0 Å². The summed E-state index contributed by atoms with van der Waals surface area (Å²) in [5.41, 5.74) is 16.8. The van der Waals surface area contributed by atoms with E-state index < -0.39 is 0 Å². The molecule has 0 fully saturated rings. The summed E-state index contributed by atoms with van der Waals surface area (Å²) in [6.45, 7) is 4.66. The average Bonchev–Trinajstić information content (AvgIpc) is 3.93. The van der Waals surface area contributed by atoms with Crippen LogP contribution in [0.4, 0.5) is 0 Å². The van der Waals surface area contributed by atoms with Crippen molar-refractivity contribution >= 4 is 65.4 Å². The highest BCUT2D eigenvalue weighted by molar-refractivity contribution is 6.22. The van der Waals surface area contributed by atoms with Crippen molar-refractivity contribution < 1.29 is 4.42 Å². The third kappa shape index (κ3) is 5.00. The van der Waals surface area contributed by atoms with E-state index in [9.17, 15) is 0 Å². The van der Waals surface area contributed by atoms with Gasteiger partial charge in [-0.3, -0.25) is 4.57 Å². The summed E-state index contributed by atoms with van der Waals surface area (Å²) in [6.07, 6.45) is 0. The highest BCUT2D eigenvalue weighted by atomic mass is 16.3. The summed E-state index contributed by atoms with van der Waals surface area (Å²) in [4.78, 5) is 10.8. The molecule has 0 saturated heterocycles. The highest BCUT2D eigenvalue weighted by Gasteiger charge is 2.35. The Hall–Kier alpha value is -7.82. The minimum absolute atomic E-state index is 0.117.